The predicted molar refractivity (Wildman–Crippen MR) is 111 cm³/mol. The molecular weight excluding hydrogens is 511 g/mol. The quantitative estimate of drug-likeness (QED) is 0.222. The van der Waals surface area contributed by atoms with Crippen LogP contribution >= 0.6 is 22.6 Å². The Morgan fingerprint density at radius 3 is 2.43 bits per heavy atom. The van der Waals surface area contributed by atoms with Gasteiger partial charge in [0.15, 0.2) is 11.5 Å². The van der Waals surface area contributed by atoms with Gasteiger partial charge in [-0.1, -0.05) is 29.5 Å². The van der Waals surface area contributed by atoms with Crippen LogP contribution in [0.4, 0.5) is 0 Å². The van der Waals surface area contributed by atoms with Crippen LogP contribution < -0.4 is 9.47 Å². The molecule has 3 rings (SSSR count). The van der Waals surface area contributed by atoms with Crippen LogP contribution in [0.2, 0.25) is 0 Å². The highest BCUT2D eigenvalue weighted by Crippen LogP contribution is 2.58. The van der Waals surface area contributed by atoms with Crippen molar-refractivity contribution < 1.29 is 43.2 Å². The summed E-state index contributed by atoms with van der Waals surface area (Å²) in [6, 6.07) is 0. The van der Waals surface area contributed by atoms with E-state index in [2.05, 4.69) is 0 Å². The van der Waals surface area contributed by atoms with Gasteiger partial charge < -0.3 is 28.8 Å². The molecule has 3 unspecified atom stereocenters. The molecule has 2 bridgehead atoms. The minimum absolute atomic E-state index is 0.00919. The predicted octanol–water partition coefficient (Wildman–Crippen LogP) is 1.96. The van der Waals surface area contributed by atoms with Crippen LogP contribution in [0.25, 0.3) is 0 Å². The van der Waals surface area contributed by atoms with Gasteiger partial charge in [0.05, 0.1) is 11.2 Å². The lowest BCUT2D eigenvalue weighted by atomic mass is 9.81. The number of esters is 3. The molecule has 1 aromatic heterocycles. The summed E-state index contributed by atoms with van der Waals surface area (Å²) in [5.74, 6) is -2.34. The first-order valence-electron chi connectivity index (χ1n) is 9.60. The number of aliphatic hydroxyl groups is 2. The van der Waals surface area contributed by atoms with Gasteiger partial charge in [0, 0.05) is 12.8 Å². The molecule has 30 heavy (non-hydrogen) atoms. The topological polar surface area (TPSA) is 132 Å². The lowest BCUT2D eigenvalue weighted by Crippen LogP contribution is -2.50. The van der Waals surface area contributed by atoms with Crippen LogP contribution in [0.3, 0.4) is 0 Å². The van der Waals surface area contributed by atoms with Gasteiger partial charge in [-0.2, -0.15) is 0 Å². The van der Waals surface area contributed by atoms with Crippen molar-refractivity contribution in [2.24, 2.45) is 0 Å². The summed E-state index contributed by atoms with van der Waals surface area (Å²) in [6.45, 7) is 7.75. The van der Waals surface area contributed by atoms with Crippen molar-refractivity contribution in [2.45, 2.75) is 80.5 Å². The molecule has 0 saturated carbocycles. The molecule has 166 valence electrons. The fourth-order valence-electron chi connectivity index (χ4n) is 3.40. The average Bonchev–Trinajstić information content (AvgIpc) is 3.20. The summed E-state index contributed by atoms with van der Waals surface area (Å²) < 4.78 is 21.3. The zero-order valence-electron chi connectivity index (χ0n) is 17.4. The molecule has 10 heteroatoms. The van der Waals surface area contributed by atoms with Gasteiger partial charge in [0.2, 0.25) is 16.9 Å². The van der Waals surface area contributed by atoms with Gasteiger partial charge in [-0.05, 0) is 34.1 Å². The van der Waals surface area contributed by atoms with E-state index >= 15 is 0 Å². The normalized spacial score (nSPS) is 21.9. The summed E-state index contributed by atoms with van der Waals surface area (Å²) >= 11 is 1.95. The fraction of sp³-hybridized carbons (Fsp3) is 0.650. The van der Waals surface area contributed by atoms with E-state index in [0.717, 1.165) is 0 Å². The van der Waals surface area contributed by atoms with E-state index in [1.807, 2.05) is 29.5 Å². The van der Waals surface area contributed by atoms with Gasteiger partial charge >= 0.3 is 17.9 Å². The molecule has 0 amide bonds. The van der Waals surface area contributed by atoms with Crippen LogP contribution in [0.5, 0.6) is 11.5 Å². The molecule has 0 radical (unpaired) electrons. The van der Waals surface area contributed by atoms with Crippen molar-refractivity contribution in [3.8, 4) is 11.5 Å². The van der Waals surface area contributed by atoms with Gasteiger partial charge in [-0.25, -0.2) is 4.79 Å². The third kappa shape index (κ3) is 3.84. The van der Waals surface area contributed by atoms with E-state index in [4.69, 9.17) is 18.6 Å². The molecule has 0 aliphatic carbocycles. The maximum Gasteiger partial charge on any atom is 0.337 e. The minimum Gasteiger partial charge on any atom is -0.458 e. The Balaban J connectivity index is 1.87. The van der Waals surface area contributed by atoms with Crippen LogP contribution in [-0.4, -0.2) is 49.4 Å². The second-order valence-electron chi connectivity index (χ2n) is 8.85. The number of hydrogen-bond donors (Lipinski definition) is 2. The minimum atomic E-state index is -1.84. The van der Waals surface area contributed by atoms with Crippen molar-refractivity contribution in [2.75, 3.05) is 0 Å². The summed E-state index contributed by atoms with van der Waals surface area (Å²) in [6.07, 6.45) is -0.790. The van der Waals surface area contributed by atoms with Gasteiger partial charge in [-0.15, -0.1) is 0 Å². The number of halogens is 1. The van der Waals surface area contributed by atoms with E-state index in [1.165, 1.54) is 27.7 Å². The lowest BCUT2D eigenvalue weighted by molar-refractivity contribution is -0.177. The van der Waals surface area contributed by atoms with Gasteiger partial charge in [-0.3, -0.25) is 9.59 Å². The van der Waals surface area contributed by atoms with E-state index in [9.17, 15) is 24.6 Å². The number of alkyl halides is 1. The molecule has 2 N–H and O–H groups in total. The third-order valence-corrected chi connectivity index (χ3v) is 6.52. The Hall–Kier alpha value is -1.66. The maximum absolute atomic E-state index is 13.1. The standard InChI is InChI=1S/C20H25IO9/c1-6-9(21)15(22)29-12-10-7-20(14(27-10)13(12)30-17(20)24)16(23)28-11(19(4,5)26)8-18(2,3)25/h9,11,25-26H,6-8H2,1-5H3. The highest BCUT2D eigenvalue weighted by molar-refractivity contribution is 14.1. The van der Waals surface area contributed by atoms with Gasteiger partial charge in [0.25, 0.3) is 0 Å². The van der Waals surface area contributed by atoms with Crippen LogP contribution in [-0.2, 0) is 31.0 Å². The number of carbonyl (C=O) groups is 3. The average molecular weight is 536 g/mol. The number of furan rings is 1. The summed E-state index contributed by atoms with van der Waals surface area (Å²) in [7, 11) is 0. The zero-order chi connectivity index (χ0) is 22.6. The van der Waals surface area contributed by atoms with Crippen molar-refractivity contribution in [3.05, 3.63) is 11.5 Å². The summed E-state index contributed by atoms with van der Waals surface area (Å²) in [4.78, 5) is 37.9. The first-order valence-corrected chi connectivity index (χ1v) is 10.8. The Labute approximate surface area is 187 Å². The van der Waals surface area contributed by atoms with E-state index in [1.54, 1.807) is 0 Å². The first-order chi connectivity index (χ1) is 13.7. The molecular formula is C20H25IO9. The summed E-state index contributed by atoms with van der Waals surface area (Å²) in [5, 5.41) is 20.5. The van der Waals surface area contributed by atoms with E-state index in [-0.39, 0.29) is 39.8 Å². The molecule has 2 aliphatic heterocycles. The van der Waals surface area contributed by atoms with Crippen LogP contribution in [0.1, 0.15) is 59.0 Å². The maximum atomic E-state index is 13.1. The Morgan fingerprint density at radius 1 is 1.27 bits per heavy atom. The molecule has 3 heterocycles. The third-order valence-electron chi connectivity index (χ3n) is 5.14. The van der Waals surface area contributed by atoms with Crippen LogP contribution in [0, 0.1) is 0 Å². The second kappa shape index (κ2) is 7.49. The largest absolute Gasteiger partial charge is 0.458 e. The number of fused-ring (bicyclic) bond motifs is 1. The van der Waals surface area contributed by atoms with Crippen molar-refractivity contribution >= 4 is 40.5 Å². The van der Waals surface area contributed by atoms with Crippen molar-refractivity contribution in [1.29, 1.82) is 0 Å². The van der Waals surface area contributed by atoms with E-state index in [0.29, 0.717) is 6.42 Å². The van der Waals surface area contributed by atoms with Crippen molar-refractivity contribution in [3.63, 3.8) is 0 Å². The van der Waals surface area contributed by atoms with Crippen molar-refractivity contribution in [1.82, 2.24) is 0 Å². The molecule has 2 aliphatic rings. The Morgan fingerprint density at radius 2 is 1.90 bits per heavy atom. The van der Waals surface area contributed by atoms with Gasteiger partial charge in [0.1, 0.15) is 10.0 Å². The number of ether oxygens (including phenoxy) is 3. The monoisotopic (exact) mass is 536 g/mol. The highest BCUT2D eigenvalue weighted by atomic mass is 127. The second-order valence-corrected chi connectivity index (χ2v) is 10.3. The smallest absolute Gasteiger partial charge is 0.337 e. The molecule has 0 spiro atoms. The number of carbonyl (C=O) groups excluding carboxylic acids is 3. The Kier molecular flexibility index (Phi) is 5.74. The molecule has 0 saturated heterocycles. The number of hydrogen-bond acceptors (Lipinski definition) is 9. The molecule has 0 aromatic carbocycles. The molecule has 9 nitrogen and oxygen atoms in total. The van der Waals surface area contributed by atoms with Crippen LogP contribution in [0.15, 0.2) is 4.42 Å². The Bertz CT molecular complexity index is 889. The fourth-order valence-corrected chi connectivity index (χ4v) is 3.53. The number of rotatable bonds is 8. The zero-order valence-corrected chi connectivity index (χ0v) is 19.6. The first kappa shape index (κ1) is 23.0. The molecule has 0 fully saturated rings. The van der Waals surface area contributed by atoms with E-state index < -0.39 is 40.6 Å². The lowest BCUT2D eigenvalue weighted by Gasteiger charge is -2.34. The highest BCUT2D eigenvalue weighted by Gasteiger charge is 2.67. The molecule has 1 aromatic rings. The SMILES string of the molecule is CCC(I)C(=O)Oc1c2oc3c1OC(=O)C3(C(=O)OC(CC(C)(C)O)C(C)(C)O)C2. The summed E-state index contributed by atoms with van der Waals surface area (Å²) in [5.41, 5.74) is -4.54. The molecule has 3 atom stereocenters.